The molecule has 1 saturated heterocycles. The van der Waals surface area contributed by atoms with E-state index >= 15 is 0 Å². The summed E-state index contributed by atoms with van der Waals surface area (Å²) in [4.78, 5) is 39.5. The highest BCUT2D eigenvalue weighted by Gasteiger charge is 2.49. The highest BCUT2D eigenvalue weighted by Crippen LogP contribution is 2.32. The molecule has 0 saturated carbocycles. The third-order valence-corrected chi connectivity index (χ3v) is 5.08. The summed E-state index contributed by atoms with van der Waals surface area (Å²) >= 11 is 0. The number of carboxylic acid groups (broad SMARTS) is 1. The van der Waals surface area contributed by atoms with Crippen LogP contribution in [0.4, 0.5) is 0 Å². The number of esters is 1. The smallest absolute Gasteiger partial charge is 0.324 e. The van der Waals surface area contributed by atoms with Gasteiger partial charge in [-0.25, -0.2) is 0 Å². The number of rotatable bonds is 9. The van der Waals surface area contributed by atoms with Crippen LogP contribution in [-0.4, -0.2) is 60.3 Å². The zero-order valence-corrected chi connectivity index (χ0v) is 17.0. The SMILES string of the molecule is CCC(C)OC(=O)C(CC=Cc1ccccc1)(CC(=O)N1CCOCC1)C(=O)O. The Labute approximate surface area is 171 Å². The number of hydrogen-bond acceptors (Lipinski definition) is 5. The van der Waals surface area contributed by atoms with Crippen LogP contribution >= 0.6 is 0 Å². The van der Waals surface area contributed by atoms with Gasteiger partial charge in [-0.05, 0) is 25.3 Å². The topological polar surface area (TPSA) is 93.1 Å². The van der Waals surface area contributed by atoms with E-state index in [9.17, 15) is 19.5 Å². The van der Waals surface area contributed by atoms with Crippen molar-refractivity contribution < 1.29 is 29.0 Å². The van der Waals surface area contributed by atoms with Crippen LogP contribution in [0.5, 0.6) is 0 Å². The van der Waals surface area contributed by atoms with Gasteiger partial charge in [-0.1, -0.05) is 49.4 Å². The van der Waals surface area contributed by atoms with E-state index in [0.29, 0.717) is 32.7 Å². The van der Waals surface area contributed by atoms with Gasteiger partial charge >= 0.3 is 11.9 Å². The molecule has 1 amide bonds. The van der Waals surface area contributed by atoms with Gasteiger partial charge in [-0.2, -0.15) is 0 Å². The minimum absolute atomic E-state index is 0.136. The molecule has 0 aromatic heterocycles. The lowest BCUT2D eigenvalue weighted by atomic mass is 9.80. The number of carboxylic acids is 1. The van der Waals surface area contributed by atoms with Gasteiger partial charge in [0, 0.05) is 13.1 Å². The van der Waals surface area contributed by atoms with E-state index in [1.807, 2.05) is 37.3 Å². The first-order chi connectivity index (χ1) is 13.9. The van der Waals surface area contributed by atoms with Crippen molar-refractivity contribution >= 4 is 23.9 Å². The van der Waals surface area contributed by atoms with E-state index in [0.717, 1.165) is 5.56 Å². The second kappa shape index (κ2) is 10.8. The van der Waals surface area contributed by atoms with Gasteiger partial charge in [-0.15, -0.1) is 0 Å². The molecule has 158 valence electrons. The third kappa shape index (κ3) is 6.15. The van der Waals surface area contributed by atoms with E-state index in [4.69, 9.17) is 9.47 Å². The fourth-order valence-electron chi connectivity index (χ4n) is 3.00. The van der Waals surface area contributed by atoms with Crippen molar-refractivity contribution in [1.82, 2.24) is 4.90 Å². The van der Waals surface area contributed by atoms with E-state index in [-0.39, 0.29) is 12.3 Å². The molecule has 2 atom stereocenters. The molecule has 0 bridgehead atoms. The van der Waals surface area contributed by atoms with Crippen LogP contribution in [0.15, 0.2) is 36.4 Å². The Bertz CT molecular complexity index is 726. The number of aliphatic carboxylic acids is 1. The second-order valence-corrected chi connectivity index (χ2v) is 7.20. The molecule has 0 radical (unpaired) electrons. The fraction of sp³-hybridized carbons (Fsp3) is 0.500. The highest BCUT2D eigenvalue weighted by atomic mass is 16.5. The first-order valence-corrected chi connectivity index (χ1v) is 9.90. The van der Waals surface area contributed by atoms with Crippen molar-refractivity contribution in [2.75, 3.05) is 26.3 Å². The molecule has 1 heterocycles. The average molecular weight is 403 g/mol. The van der Waals surface area contributed by atoms with E-state index in [2.05, 4.69) is 0 Å². The minimum Gasteiger partial charge on any atom is -0.480 e. The molecule has 1 aromatic rings. The van der Waals surface area contributed by atoms with Gasteiger partial charge in [0.2, 0.25) is 5.91 Å². The molecule has 2 unspecified atom stereocenters. The van der Waals surface area contributed by atoms with Crippen molar-refractivity contribution in [1.29, 1.82) is 0 Å². The summed E-state index contributed by atoms with van der Waals surface area (Å²) < 4.78 is 10.6. The Kier molecular flexibility index (Phi) is 8.39. The van der Waals surface area contributed by atoms with E-state index in [1.165, 1.54) is 0 Å². The van der Waals surface area contributed by atoms with Gasteiger partial charge in [0.25, 0.3) is 0 Å². The van der Waals surface area contributed by atoms with Crippen LogP contribution in [0.25, 0.3) is 6.08 Å². The lowest BCUT2D eigenvalue weighted by molar-refractivity contribution is -0.175. The first kappa shape index (κ1) is 22.6. The zero-order chi connectivity index (χ0) is 21.3. The van der Waals surface area contributed by atoms with Crippen LogP contribution in [0.1, 0.15) is 38.7 Å². The molecule has 7 nitrogen and oxygen atoms in total. The maximum atomic E-state index is 12.9. The molecule has 0 aliphatic carbocycles. The van der Waals surface area contributed by atoms with Gasteiger partial charge < -0.3 is 19.5 Å². The average Bonchev–Trinajstić information content (AvgIpc) is 2.73. The molecule has 1 fully saturated rings. The fourth-order valence-corrected chi connectivity index (χ4v) is 3.00. The second-order valence-electron chi connectivity index (χ2n) is 7.20. The van der Waals surface area contributed by atoms with Crippen LogP contribution in [0.3, 0.4) is 0 Å². The molecule has 29 heavy (non-hydrogen) atoms. The van der Waals surface area contributed by atoms with Crippen LogP contribution < -0.4 is 0 Å². The Balaban J connectivity index is 2.26. The van der Waals surface area contributed by atoms with Gasteiger partial charge in [-0.3, -0.25) is 14.4 Å². The number of nitrogens with zero attached hydrogens (tertiary/aromatic N) is 1. The Morgan fingerprint density at radius 2 is 1.90 bits per heavy atom. The summed E-state index contributed by atoms with van der Waals surface area (Å²) in [6.45, 7) is 5.11. The number of hydrogen-bond donors (Lipinski definition) is 1. The summed E-state index contributed by atoms with van der Waals surface area (Å²) in [5, 5.41) is 9.99. The number of benzene rings is 1. The van der Waals surface area contributed by atoms with Crippen LogP contribution in [0, 0.1) is 5.41 Å². The van der Waals surface area contributed by atoms with Gasteiger partial charge in [0.05, 0.1) is 25.7 Å². The van der Waals surface area contributed by atoms with Crippen molar-refractivity contribution in [2.45, 2.75) is 39.2 Å². The molecule has 1 N–H and O–H groups in total. The standard InChI is InChI=1S/C22H29NO6/c1-3-17(2)29-21(27)22(20(25)26,11-7-10-18-8-5-4-6-9-18)16-19(24)23-12-14-28-15-13-23/h4-10,17H,3,11-16H2,1-2H3,(H,25,26). The molecule has 7 heteroatoms. The maximum absolute atomic E-state index is 12.9. The Morgan fingerprint density at radius 1 is 1.24 bits per heavy atom. The van der Waals surface area contributed by atoms with Crippen molar-refractivity contribution in [2.24, 2.45) is 5.41 Å². The van der Waals surface area contributed by atoms with Crippen molar-refractivity contribution in [3.63, 3.8) is 0 Å². The molecular weight excluding hydrogens is 374 g/mol. The number of carbonyl (C=O) groups excluding carboxylic acids is 2. The molecule has 1 aromatic carbocycles. The third-order valence-electron chi connectivity index (χ3n) is 5.08. The number of carbonyl (C=O) groups is 3. The predicted molar refractivity (Wildman–Crippen MR) is 108 cm³/mol. The van der Waals surface area contributed by atoms with Gasteiger partial charge in [0.15, 0.2) is 5.41 Å². The first-order valence-electron chi connectivity index (χ1n) is 9.90. The lowest BCUT2D eigenvalue weighted by Crippen LogP contribution is -2.48. The lowest BCUT2D eigenvalue weighted by Gasteiger charge is -2.32. The quantitative estimate of drug-likeness (QED) is 0.503. The molecule has 1 aliphatic heterocycles. The zero-order valence-electron chi connectivity index (χ0n) is 17.0. The Morgan fingerprint density at radius 3 is 2.48 bits per heavy atom. The van der Waals surface area contributed by atoms with E-state index < -0.39 is 29.9 Å². The van der Waals surface area contributed by atoms with E-state index in [1.54, 1.807) is 24.0 Å². The molecule has 2 rings (SSSR count). The molecule has 1 aliphatic rings. The summed E-state index contributed by atoms with van der Waals surface area (Å²) in [5.41, 5.74) is -1.09. The molecule has 0 spiro atoms. The number of morpholine rings is 1. The van der Waals surface area contributed by atoms with Crippen LogP contribution in [0.2, 0.25) is 0 Å². The van der Waals surface area contributed by atoms with Gasteiger partial charge in [0.1, 0.15) is 0 Å². The highest BCUT2D eigenvalue weighted by molar-refractivity contribution is 6.03. The normalized spacial score (nSPS) is 17.5. The predicted octanol–water partition coefficient (Wildman–Crippen LogP) is 2.75. The summed E-state index contributed by atoms with van der Waals surface area (Å²) in [5.74, 6) is -2.62. The monoisotopic (exact) mass is 403 g/mol. The number of amides is 1. The van der Waals surface area contributed by atoms with Crippen molar-refractivity contribution in [3.8, 4) is 0 Å². The van der Waals surface area contributed by atoms with Crippen molar-refractivity contribution in [3.05, 3.63) is 42.0 Å². The minimum atomic E-state index is -1.97. The summed E-state index contributed by atoms with van der Waals surface area (Å²) in [7, 11) is 0. The largest absolute Gasteiger partial charge is 0.480 e. The summed E-state index contributed by atoms with van der Waals surface area (Å²) in [6, 6.07) is 9.35. The number of allylic oxidation sites excluding steroid dienone is 1. The maximum Gasteiger partial charge on any atom is 0.324 e. The Hall–Kier alpha value is -2.67. The van der Waals surface area contributed by atoms with Crippen LogP contribution in [-0.2, 0) is 23.9 Å². The molecular formula is C22H29NO6. The number of ether oxygens (including phenoxy) is 2. The summed E-state index contributed by atoms with van der Waals surface area (Å²) in [6.07, 6.45) is 2.90.